The number of carbonyl (C=O) groups is 1. The molecule has 2 aromatic rings. The Morgan fingerprint density at radius 1 is 1.21 bits per heavy atom. The van der Waals surface area contributed by atoms with Crippen molar-refractivity contribution in [3.05, 3.63) is 41.2 Å². The monoisotopic (exact) mass is 425 g/mol. The first-order chi connectivity index (χ1) is 13.7. The number of halogens is 3. The molecule has 1 atom stereocenters. The van der Waals surface area contributed by atoms with Crippen LogP contribution in [0.3, 0.4) is 0 Å². The number of thioether (sulfide) groups is 1. The van der Waals surface area contributed by atoms with Crippen LogP contribution < -0.4 is 5.32 Å². The van der Waals surface area contributed by atoms with E-state index in [1.807, 2.05) is 13.8 Å². The summed E-state index contributed by atoms with van der Waals surface area (Å²) in [7, 11) is 0. The molecule has 4 nitrogen and oxygen atoms in total. The van der Waals surface area contributed by atoms with Crippen LogP contribution in [0.1, 0.15) is 62.0 Å². The maximum absolute atomic E-state index is 13.2. The predicted octanol–water partition coefficient (Wildman–Crippen LogP) is 6.14. The van der Waals surface area contributed by atoms with Crippen molar-refractivity contribution in [2.75, 3.05) is 5.32 Å². The molecular weight excluding hydrogens is 399 g/mol. The first-order valence-electron chi connectivity index (χ1n) is 9.87. The zero-order chi connectivity index (χ0) is 21.2. The fraction of sp³-hybridized carbons (Fsp3) is 0.524. The Hall–Kier alpha value is -1.96. The quantitative estimate of drug-likeness (QED) is 0.585. The molecule has 1 amide bonds. The average Bonchev–Trinajstić information content (AvgIpc) is 2.95. The molecule has 158 valence electrons. The van der Waals surface area contributed by atoms with Crippen LogP contribution in [0, 0.1) is 13.8 Å². The molecule has 0 saturated heterocycles. The molecule has 1 aromatic heterocycles. The van der Waals surface area contributed by atoms with E-state index in [1.54, 1.807) is 6.92 Å². The van der Waals surface area contributed by atoms with Crippen molar-refractivity contribution in [2.45, 2.75) is 75.5 Å². The molecule has 1 fully saturated rings. The highest BCUT2D eigenvalue weighted by Crippen LogP contribution is 2.37. The maximum Gasteiger partial charge on any atom is 0.418 e. The van der Waals surface area contributed by atoms with Gasteiger partial charge in [-0.25, -0.2) is 4.98 Å². The van der Waals surface area contributed by atoms with Gasteiger partial charge in [-0.3, -0.25) is 4.79 Å². The Kier molecular flexibility index (Phi) is 6.61. The number of anilines is 1. The van der Waals surface area contributed by atoms with Crippen LogP contribution in [-0.2, 0) is 11.0 Å². The number of hydrogen-bond donors (Lipinski definition) is 1. The number of alkyl halides is 3. The fourth-order valence-corrected chi connectivity index (χ4v) is 4.81. The molecule has 1 unspecified atom stereocenters. The Morgan fingerprint density at radius 2 is 1.86 bits per heavy atom. The number of hydrogen-bond acceptors (Lipinski definition) is 3. The van der Waals surface area contributed by atoms with Crippen molar-refractivity contribution in [1.29, 1.82) is 0 Å². The standard InChI is InChI=1S/C21H26F3N3OS/c1-13-14(2)27(16-9-5-4-6-10-16)20(25-13)29-15(3)19(28)26-18-12-8-7-11-17(18)21(22,23)24/h7-8,11-12,15-16H,4-6,9-10H2,1-3H3,(H,26,28). The van der Waals surface area contributed by atoms with Crippen molar-refractivity contribution in [3.63, 3.8) is 0 Å². The number of nitrogens with one attached hydrogen (secondary N) is 1. The first kappa shape index (κ1) is 21.7. The highest BCUT2D eigenvalue weighted by atomic mass is 32.2. The number of para-hydroxylation sites is 1. The molecule has 0 radical (unpaired) electrons. The fourth-order valence-electron chi connectivity index (χ4n) is 3.73. The lowest BCUT2D eigenvalue weighted by atomic mass is 9.95. The Balaban J connectivity index is 1.77. The summed E-state index contributed by atoms with van der Waals surface area (Å²) < 4.78 is 41.8. The second-order valence-corrected chi connectivity index (χ2v) is 8.83. The van der Waals surface area contributed by atoms with Gasteiger partial charge in [0.2, 0.25) is 5.91 Å². The third-order valence-corrected chi connectivity index (χ3v) is 6.50. The van der Waals surface area contributed by atoms with Crippen molar-refractivity contribution >= 4 is 23.4 Å². The number of benzene rings is 1. The lowest BCUT2D eigenvalue weighted by molar-refractivity contribution is -0.137. The number of amides is 1. The molecule has 8 heteroatoms. The first-order valence-corrected chi connectivity index (χ1v) is 10.8. The summed E-state index contributed by atoms with van der Waals surface area (Å²) >= 11 is 1.30. The van der Waals surface area contributed by atoms with E-state index in [0.717, 1.165) is 35.5 Å². The minimum absolute atomic E-state index is 0.222. The zero-order valence-corrected chi connectivity index (χ0v) is 17.7. The molecule has 1 heterocycles. The summed E-state index contributed by atoms with van der Waals surface area (Å²) in [5, 5.41) is 2.62. The molecule has 1 aromatic carbocycles. The van der Waals surface area contributed by atoms with E-state index in [9.17, 15) is 18.0 Å². The molecule has 1 saturated carbocycles. The summed E-state index contributed by atoms with van der Waals surface area (Å²) in [6.45, 7) is 5.68. The van der Waals surface area contributed by atoms with Crippen LogP contribution in [0.4, 0.5) is 18.9 Å². The van der Waals surface area contributed by atoms with Crippen LogP contribution in [0.25, 0.3) is 0 Å². The molecule has 1 N–H and O–H groups in total. The lowest BCUT2D eigenvalue weighted by Crippen LogP contribution is -2.25. The van der Waals surface area contributed by atoms with E-state index in [-0.39, 0.29) is 5.69 Å². The van der Waals surface area contributed by atoms with Crippen molar-refractivity contribution in [2.24, 2.45) is 0 Å². The van der Waals surface area contributed by atoms with Crippen LogP contribution in [0.2, 0.25) is 0 Å². The summed E-state index contributed by atoms with van der Waals surface area (Å²) in [5.41, 5.74) is 0.948. The van der Waals surface area contributed by atoms with Crippen molar-refractivity contribution in [3.8, 4) is 0 Å². The second kappa shape index (κ2) is 8.81. The van der Waals surface area contributed by atoms with Crippen LogP contribution in [0.15, 0.2) is 29.4 Å². The van der Waals surface area contributed by atoms with Gasteiger partial charge in [0, 0.05) is 11.7 Å². The highest BCUT2D eigenvalue weighted by Gasteiger charge is 2.34. The van der Waals surface area contributed by atoms with E-state index in [2.05, 4.69) is 14.9 Å². The van der Waals surface area contributed by atoms with E-state index in [1.165, 1.54) is 49.2 Å². The summed E-state index contributed by atoms with van der Waals surface area (Å²) in [5.74, 6) is -0.472. The van der Waals surface area contributed by atoms with Crippen LogP contribution >= 0.6 is 11.8 Å². The minimum Gasteiger partial charge on any atom is -0.325 e. The van der Waals surface area contributed by atoms with Gasteiger partial charge in [0.15, 0.2) is 5.16 Å². The van der Waals surface area contributed by atoms with Gasteiger partial charge in [0.25, 0.3) is 0 Å². The Bertz CT molecular complexity index is 873. The zero-order valence-electron chi connectivity index (χ0n) is 16.8. The molecular formula is C21H26F3N3OS. The SMILES string of the molecule is Cc1nc(SC(C)C(=O)Nc2ccccc2C(F)(F)F)n(C2CCCCC2)c1C. The summed E-state index contributed by atoms with van der Waals surface area (Å²) in [6, 6.07) is 5.40. The van der Waals surface area contributed by atoms with Gasteiger partial charge in [-0.15, -0.1) is 0 Å². The average molecular weight is 426 g/mol. The highest BCUT2D eigenvalue weighted by molar-refractivity contribution is 8.00. The largest absolute Gasteiger partial charge is 0.418 e. The van der Waals surface area contributed by atoms with Gasteiger partial charge in [-0.2, -0.15) is 13.2 Å². The van der Waals surface area contributed by atoms with Crippen LogP contribution in [0.5, 0.6) is 0 Å². The molecule has 0 aliphatic heterocycles. The number of nitrogens with zero attached hydrogens (tertiary/aromatic N) is 2. The van der Waals surface area contributed by atoms with Gasteiger partial charge >= 0.3 is 6.18 Å². The van der Waals surface area contributed by atoms with Crippen molar-refractivity contribution in [1.82, 2.24) is 9.55 Å². The van der Waals surface area contributed by atoms with E-state index in [4.69, 9.17) is 0 Å². The topological polar surface area (TPSA) is 46.9 Å². The number of aromatic nitrogens is 2. The molecule has 29 heavy (non-hydrogen) atoms. The molecule has 1 aliphatic rings. The third-order valence-electron chi connectivity index (χ3n) is 5.44. The number of imidazole rings is 1. The van der Waals surface area contributed by atoms with Gasteiger partial charge in [0.05, 0.1) is 22.2 Å². The third kappa shape index (κ3) is 4.97. The normalized spacial score (nSPS) is 16.6. The van der Waals surface area contributed by atoms with Gasteiger partial charge in [0.1, 0.15) is 0 Å². The van der Waals surface area contributed by atoms with E-state index in [0.29, 0.717) is 6.04 Å². The van der Waals surface area contributed by atoms with Gasteiger partial charge < -0.3 is 9.88 Å². The van der Waals surface area contributed by atoms with Gasteiger partial charge in [-0.05, 0) is 45.7 Å². The molecule has 0 spiro atoms. The van der Waals surface area contributed by atoms with Crippen LogP contribution in [-0.4, -0.2) is 20.7 Å². The lowest BCUT2D eigenvalue weighted by Gasteiger charge is -2.26. The van der Waals surface area contributed by atoms with E-state index >= 15 is 0 Å². The number of rotatable bonds is 5. The second-order valence-electron chi connectivity index (χ2n) is 7.52. The van der Waals surface area contributed by atoms with E-state index < -0.39 is 22.9 Å². The number of carbonyl (C=O) groups excluding carboxylic acids is 1. The predicted molar refractivity (Wildman–Crippen MR) is 109 cm³/mol. The number of aryl methyl sites for hydroxylation is 1. The molecule has 3 rings (SSSR count). The molecule has 1 aliphatic carbocycles. The minimum atomic E-state index is -4.52. The molecule has 0 bridgehead atoms. The summed E-state index contributed by atoms with van der Waals surface area (Å²) in [6.07, 6.45) is 1.24. The van der Waals surface area contributed by atoms with Crippen molar-refractivity contribution < 1.29 is 18.0 Å². The Labute approximate surface area is 173 Å². The smallest absolute Gasteiger partial charge is 0.325 e. The maximum atomic E-state index is 13.2. The van der Waals surface area contributed by atoms with Gasteiger partial charge in [-0.1, -0.05) is 43.2 Å². The Morgan fingerprint density at radius 3 is 2.52 bits per heavy atom. The summed E-state index contributed by atoms with van der Waals surface area (Å²) in [4.78, 5) is 17.3.